The van der Waals surface area contributed by atoms with Gasteiger partial charge in [-0.3, -0.25) is 10.2 Å². The second-order valence-corrected chi connectivity index (χ2v) is 7.24. The first-order chi connectivity index (χ1) is 14.1. The number of amides is 1. The number of ether oxygens (including phenoxy) is 3. The van der Waals surface area contributed by atoms with Gasteiger partial charge >= 0.3 is 5.97 Å². The molecule has 0 radical (unpaired) electrons. The SMILES string of the molecule is CCOC(=O)c1cc2ccccc2n1NC(=O)C1(c2ccc3c(c2)OCO3)CC1. The zero-order valence-electron chi connectivity index (χ0n) is 15.9. The van der Waals surface area contributed by atoms with Crippen molar-refractivity contribution in [3.05, 3.63) is 59.8 Å². The Bertz CT molecular complexity index is 1130. The van der Waals surface area contributed by atoms with Gasteiger partial charge in [0.05, 0.1) is 17.5 Å². The third-order valence-corrected chi connectivity index (χ3v) is 5.52. The van der Waals surface area contributed by atoms with Crippen LogP contribution >= 0.6 is 0 Å². The third-order valence-electron chi connectivity index (χ3n) is 5.52. The van der Waals surface area contributed by atoms with Gasteiger partial charge in [-0.2, -0.15) is 0 Å². The van der Waals surface area contributed by atoms with Crippen LogP contribution in [0.5, 0.6) is 11.5 Å². The Morgan fingerprint density at radius 1 is 1.10 bits per heavy atom. The molecule has 3 aromatic rings. The number of hydrogen-bond acceptors (Lipinski definition) is 5. The largest absolute Gasteiger partial charge is 0.461 e. The summed E-state index contributed by atoms with van der Waals surface area (Å²) in [5.41, 5.74) is 4.22. The summed E-state index contributed by atoms with van der Waals surface area (Å²) >= 11 is 0. The fourth-order valence-electron chi connectivity index (χ4n) is 3.81. The second kappa shape index (κ2) is 6.55. The van der Waals surface area contributed by atoms with Gasteiger partial charge in [-0.15, -0.1) is 0 Å². The molecule has 2 heterocycles. The highest BCUT2D eigenvalue weighted by molar-refractivity contribution is 6.01. The van der Waals surface area contributed by atoms with Gasteiger partial charge in [0.15, 0.2) is 11.5 Å². The number of aromatic nitrogens is 1. The summed E-state index contributed by atoms with van der Waals surface area (Å²) in [6, 6.07) is 14.8. The number of carbonyl (C=O) groups is 2. The minimum absolute atomic E-state index is 0.164. The average molecular weight is 392 g/mol. The van der Waals surface area contributed by atoms with Crippen LogP contribution in [0.4, 0.5) is 0 Å². The number of fused-ring (bicyclic) bond motifs is 2. The molecular weight excluding hydrogens is 372 g/mol. The van der Waals surface area contributed by atoms with E-state index in [2.05, 4.69) is 5.43 Å². The highest BCUT2D eigenvalue weighted by atomic mass is 16.7. The predicted molar refractivity (Wildman–Crippen MR) is 106 cm³/mol. The summed E-state index contributed by atoms with van der Waals surface area (Å²) < 4.78 is 17.5. The van der Waals surface area contributed by atoms with Crippen LogP contribution in [0.2, 0.25) is 0 Å². The van der Waals surface area contributed by atoms with E-state index in [1.807, 2.05) is 42.5 Å². The normalized spacial score (nSPS) is 15.9. The molecular formula is C22H20N2O5. The van der Waals surface area contributed by atoms with Crippen LogP contribution in [0.1, 0.15) is 35.8 Å². The molecule has 2 aromatic carbocycles. The van der Waals surface area contributed by atoms with Crippen LogP contribution < -0.4 is 14.9 Å². The molecule has 0 unspecified atom stereocenters. The number of hydrogen-bond donors (Lipinski definition) is 1. The Kier molecular flexibility index (Phi) is 3.97. The highest BCUT2D eigenvalue weighted by Crippen LogP contribution is 2.50. The van der Waals surface area contributed by atoms with E-state index in [-0.39, 0.29) is 19.3 Å². The first kappa shape index (κ1) is 17.6. The van der Waals surface area contributed by atoms with Gasteiger partial charge in [0.1, 0.15) is 5.69 Å². The van der Waals surface area contributed by atoms with E-state index in [9.17, 15) is 9.59 Å². The predicted octanol–water partition coefficient (Wildman–Crippen LogP) is 3.35. The molecule has 148 valence electrons. The van der Waals surface area contributed by atoms with Crippen LogP contribution in [0.25, 0.3) is 10.9 Å². The van der Waals surface area contributed by atoms with Gasteiger partial charge in [0, 0.05) is 5.39 Å². The first-order valence-corrected chi connectivity index (χ1v) is 9.61. The fraction of sp³-hybridized carbons (Fsp3) is 0.273. The Morgan fingerprint density at radius 2 is 1.90 bits per heavy atom. The summed E-state index contributed by atoms with van der Waals surface area (Å²) in [5, 5.41) is 0.851. The van der Waals surface area contributed by atoms with Crippen molar-refractivity contribution in [3.8, 4) is 11.5 Å². The van der Waals surface area contributed by atoms with Crippen molar-refractivity contribution >= 4 is 22.8 Å². The molecule has 1 aliphatic heterocycles. The van der Waals surface area contributed by atoms with Crippen LogP contribution in [-0.2, 0) is 14.9 Å². The topological polar surface area (TPSA) is 78.8 Å². The van der Waals surface area contributed by atoms with Crippen LogP contribution in [0.15, 0.2) is 48.5 Å². The maximum Gasteiger partial charge on any atom is 0.356 e. The second-order valence-electron chi connectivity index (χ2n) is 7.24. The van der Waals surface area contributed by atoms with Gasteiger partial charge < -0.3 is 14.2 Å². The van der Waals surface area contributed by atoms with Crippen LogP contribution in [0.3, 0.4) is 0 Å². The minimum Gasteiger partial charge on any atom is -0.461 e. The molecule has 1 fully saturated rings. The zero-order valence-corrected chi connectivity index (χ0v) is 15.9. The first-order valence-electron chi connectivity index (χ1n) is 9.61. The molecule has 1 saturated carbocycles. The van der Waals surface area contributed by atoms with E-state index in [4.69, 9.17) is 14.2 Å². The molecule has 2 aliphatic rings. The zero-order chi connectivity index (χ0) is 20.0. The summed E-state index contributed by atoms with van der Waals surface area (Å²) in [6.45, 7) is 2.20. The van der Waals surface area contributed by atoms with Gasteiger partial charge in [0.25, 0.3) is 0 Å². The van der Waals surface area contributed by atoms with Crippen LogP contribution in [-0.4, -0.2) is 30.0 Å². The Labute approximate surface area is 167 Å². The Hall–Kier alpha value is -3.48. The van der Waals surface area contributed by atoms with Crippen LogP contribution in [0, 0.1) is 0 Å². The molecule has 1 aliphatic carbocycles. The molecule has 0 spiro atoms. The van der Waals surface area contributed by atoms with Gasteiger partial charge in [-0.05, 0) is 49.6 Å². The summed E-state index contributed by atoms with van der Waals surface area (Å²) in [4.78, 5) is 25.8. The summed E-state index contributed by atoms with van der Waals surface area (Å²) in [6.07, 6.45) is 1.46. The lowest BCUT2D eigenvalue weighted by Crippen LogP contribution is -2.35. The van der Waals surface area contributed by atoms with Gasteiger partial charge in [-0.25, -0.2) is 9.47 Å². The Morgan fingerprint density at radius 3 is 2.69 bits per heavy atom. The Balaban J connectivity index is 1.50. The fourth-order valence-corrected chi connectivity index (χ4v) is 3.81. The number of nitrogens with zero attached hydrogens (tertiary/aromatic N) is 1. The molecule has 5 rings (SSSR count). The lowest BCUT2D eigenvalue weighted by Gasteiger charge is -2.18. The molecule has 1 amide bonds. The standard InChI is InChI=1S/C22H20N2O5/c1-2-27-20(25)17-11-14-5-3-4-6-16(14)24(17)23-21(26)22(9-10-22)15-7-8-18-19(12-15)29-13-28-18/h3-8,11-12H,2,9-10,13H2,1H3,(H,23,26). The molecule has 0 saturated heterocycles. The lowest BCUT2D eigenvalue weighted by atomic mass is 9.95. The molecule has 1 aromatic heterocycles. The molecule has 7 heteroatoms. The average Bonchev–Trinajstić information content (AvgIpc) is 3.27. The van der Waals surface area contributed by atoms with E-state index in [1.54, 1.807) is 13.0 Å². The maximum absolute atomic E-state index is 13.3. The number of nitrogens with one attached hydrogen (secondary N) is 1. The number of benzene rings is 2. The van der Waals surface area contributed by atoms with Crippen molar-refractivity contribution < 1.29 is 23.8 Å². The van der Waals surface area contributed by atoms with Crippen molar-refractivity contribution in [1.82, 2.24) is 4.68 Å². The van der Waals surface area contributed by atoms with E-state index in [1.165, 1.54) is 4.68 Å². The van der Waals surface area contributed by atoms with Crippen molar-refractivity contribution in [2.75, 3.05) is 18.8 Å². The number of carbonyl (C=O) groups excluding carboxylic acids is 2. The van der Waals surface area contributed by atoms with Crippen molar-refractivity contribution in [3.63, 3.8) is 0 Å². The van der Waals surface area contributed by atoms with E-state index in [0.29, 0.717) is 17.2 Å². The van der Waals surface area contributed by atoms with Gasteiger partial charge in [-0.1, -0.05) is 24.3 Å². The smallest absolute Gasteiger partial charge is 0.356 e. The molecule has 0 bridgehead atoms. The summed E-state index contributed by atoms with van der Waals surface area (Å²) in [5.74, 6) is 0.700. The third kappa shape index (κ3) is 2.81. The van der Waals surface area contributed by atoms with Crippen molar-refractivity contribution in [1.29, 1.82) is 0 Å². The van der Waals surface area contributed by atoms with Gasteiger partial charge in [0.2, 0.25) is 12.7 Å². The number of esters is 1. The monoisotopic (exact) mass is 392 g/mol. The van der Waals surface area contributed by atoms with Crippen molar-refractivity contribution in [2.45, 2.75) is 25.2 Å². The quantitative estimate of drug-likeness (QED) is 0.674. The number of rotatable bonds is 5. The summed E-state index contributed by atoms with van der Waals surface area (Å²) in [7, 11) is 0. The molecule has 7 nitrogen and oxygen atoms in total. The number of para-hydroxylation sites is 1. The van der Waals surface area contributed by atoms with E-state index >= 15 is 0 Å². The lowest BCUT2D eigenvalue weighted by molar-refractivity contribution is -0.119. The van der Waals surface area contributed by atoms with E-state index in [0.717, 1.165) is 29.3 Å². The maximum atomic E-state index is 13.3. The molecule has 0 atom stereocenters. The minimum atomic E-state index is -0.641. The molecule has 29 heavy (non-hydrogen) atoms. The van der Waals surface area contributed by atoms with Crippen molar-refractivity contribution in [2.24, 2.45) is 0 Å². The highest BCUT2D eigenvalue weighted by Gasteiger charge is 2.52. The van der Waals surface area contributed by atoms with E-state index < -0.39 is 11.4 Å². The molecule has 1 N–H and O–H groups in total.